The normalized spacial score (nSPS) is 22.8. The minimum atomic E-state index is -3.26. The maximum absolute atomic E-state index is 12.1. The zero-order valence-electron chi connectivity index (χ0n) is 13.8. The second-order valence-corrected chi connectivity index (χ2v) is 9.98. The third-order valence-electron chi connectivity index (χ3n) is 4.20. The number of sulfonamides is 1. The molecule has 1 saturated carbocycles. The Morgan fingerprint density at radius 3 is 2.35 bits per heavy atom. The molecule has 2 N–H and O–H groups in total. The first-order chi connectivity index (χ1) is 10.7. The first kappa shape index (κ1) is 18.4. The number of hydrogen-bond acceptors (Lipinski definition) is 5. The molecule has 6 nitrogen and oxygen atoms in total. The Labute approximate surface area is 143 Å². The summed E-state index contributed by atoms with van der Waals surface area (Å²) in [6.07, 6.45) is 3.97. The zero-order valence-corrected chi connectivity index (χ0v) is 15.4. The van der Waals surface area contributed by atoms with Crippen LogP contribution < -0.4 is 10.0 Å². The molecule has 1 aliphatic carbocycles. The van der Waals surface area contributed by atoms with Gasteiger partial charge in [0.1, 0.15) is 5.82 Å². The van der Waals surface area contributed by atoms with Gasteiger partial charge in [-0.1, -0.05) is 11.6 Å². The van der Waals surface area contributed by atoms with Crippen LogP contribution in [0.15, 0.2) is 12.1 Å². The molecule has 1 heterocycles. The Balaban J connectivity index is 1.77. The summed E-state index contributed by atoms with van der Waals surface area (Å²) in [5.74, 6) is 1.12. The minimum Gasteiger partial charge on any atom is -0.366 e. The molecule has 8 heteroatoms. The van der Waals surface area contributed by atoms with Gasteiger partial charge in [0, 0.05) is 12.6 Å². The molecule has 0 saturated heterocycles. The Bertz CT molecular complexity index is 605. The van der Waals surface area contributed by atoms with Gasteiger partial charge in [0.05, 0.1) is 4.75 Å². The summed E-state index contributed by atoms with van der Waals surface area (Å²) in [4.78, 5) is 0. The molecule has 0 aromatic carbocycles. The van der Waals surface area contributed by atoms with E-state index in [1.165, 1.54) is 0 Å². The zero-order chi connectivity index (χ0) is 17.1. The minimum absolute atomic E-state index is 0.348. The summed E-state index contributed by atoms with van der Waals surface area (Å²) < 4.78 is 26.1. The molecule has 23 heavy (non-hydrogen) atoms. The molecule has 2 rings (SSSR count). The van der Waals surface area contributed by atoms with Crippen LogP contribution in [0.3, 0.4) is 0 Å². The quantitative estimate of drug-likeness (QED) is 0.843. The van der Waals surface area contributed by atoms with E-state index in [1.807, 2.05) is 6.07 Å². The fourth-order valence-electron chi connectivity index (χ4n) is 2.56. The largest absolute Gasteiger partial charge is 0.366 e. The fraction of sp³-hybridized carbons (Fsp3) is 0.733. The van der Waals surface area contributed by atoms with E-state index < -0.39 is 14.8 Å². The highest BCUT2D eigenvalue weighted by Gasteiger charge is 2.30. The number of nitrogens with one attached hydrogen (secondary N) is 2. The van der Waals surface area contributed by atoms with Gasteiger partial charge in [-0.2, -0.15) is 0 Å². The molecule has 0 amide bonds. The molecule has 0 radical (unpaired) electrons. The third-order valence-corrected chi connectivity index (χ3v) is 6.56. The van der Waals surface area contributed by atoms with E-state index in [-0.39, 0.29) is 0 Å². The Hall–Kier alpha value is -0.920. The highest BCUT2D eigenvalue weighted by molar-refractivity contribution is 7.90. The van der Waals surface area contributed by atoms with E-state index in [2.05, 4.69) is 20.2 Å². The summed E-state index contributed by atoms with van der Waals surface area (Å²) in [7, 11) is -3.26. The molecule has 0 spiro atoms. The summed E-state index contributed by atoms with van der Waals surface area (Å²) in [5, 5.41) is 11.6. The first-order valence-electron chi connectivity index (χ1n) is 7.92. The average Bonchev–Trinajstić information content (AvgIpc) is 2.48. The van der Waals surface area contributed by atoms with Gasteiger partial charge in [-0.3, -0.25) is 0 Å². The van der Waals surface area contributed by atoms with Gasteiger partial charge in [0.25, 0.3) is 0 Å². The smallest absolute Gasteiger partial charge is 0.216 e. The van der Waals surface area contributed by atoms with Crippen molar-refractivity contribution in [3.05, 3.63) is 17.3 Å². The maximum Gasteiger partial charge on any atom is 0.216 e. The third kappa shape index (κ3) is 5.29. The molecular formula is C15H25ClN4O2S. The maximum atomic E-state index is 12.1. The predicted molar refractivity (Wildman–Crippen MR) is 93.1 cm³/mol. The number of aromatic nitrogens is 2. The lowest BCUT2D eigenvalue weighted by Crippen LogP contribution is -2.42. The van der Waals surface area contributed by atoms with Crippen molar-refractivity contribution < 1.29 is 8.42 Å². The van der Waals surface area contributed by atoms with Crippen LogP contribution in [0, 0.1) is 5.92 Å². The number of nitrogens with zero attached hydrogens (tertiary/aromatic N) is 2. The highest BCUT2D eigenvalue weighted by Crippen LogP contribution is 2.26. The van der Waals surface area contributed by atoms with E-state index in [0.717, 1.165) is 31.5 Å². The van der Waals surface area contributed by atoms with E-state index >= 15 is 0 Å². The fourth-order valence-corrected chi connectivity index (χ4v) is 3.55. The number of rotatable bonds is 5. The topological polar surface area (TPSA) is 84.0 Å². The number of anilines is 1. The van der Waals surface area contributed by atoms with Gasteiger partial charge in [-0.15, -0.1) is 10.2 Å². The molecule has 0 unspecified atom stereocenters. The summed E-state index contributed by atoms with van der Waals surface area (Å²) in [5.41, 5.74) is 0. The van der Waals surface area contributed by atoms with E-state index in [4.69, 9.17) is 11.6 Å². The number of halogens is 1. The van der Waals surface area contributed by atoms with Crippen molar-refractivity contribution in [1.29, 1.82) is 0 Å². The van der Waals surface area contributed by atoms with E-state index in [9.17, 15) is 8.42 Å². The van der Waals surface area contributed by atoms with E-state index in [0.29, 0.717) is 23.7 Å². The van der Waals surface area contributed by atoms with Crippen molar-refractivity contribution in [3.8, 4) is 0 Å². The van der Waals surface area contributed by atoms with Crippen LogP contribution in [0.25, 0.3) is 0 Å². The van der Waals surface area contributed by atoms with Crippen LogP contribution in [-0.2, 0) is 10.0 Å². The van der Waals surface area contributed by atoms with Crippen molar-refractivity contribution >= 4 is 27.4 Å². The molecular weight excluding hydrogens is 336 g/mol. The molecule has 1 aliphatic rings. The van der Waals surface area contributed by atoms with Crippen LogP contribution in [0.1, 0.15) is 46.5 Å². The molecule has 1 aromatic rings. The standard InChI is InChI=1S/C15H25ClN4O2S/c1-15(2,3)23(21,22)17-10-11-4-6-12(7-5-11)18-14-9-8-13(16)19-20-14/h8-9,11-12,17H,4-7,10H2,1-3H3,(H,18,20). The molecule has 130 valence electrons. The van der Waals surface area contributed by atoms with Crippen LogP contribution >= 0.6 is 11.6 Å². The predicted octanol–water partition coefficient (Wildman–Crippen LogP) is 2.82. The van der Waals surface area contributed by atoms with Gasteiger partial charge in [0.15, 0.2) is 5.15 Å². The Kier molecular flexibility index (Phi) is 5.86. The lowest BCUT2D eigenvalue weighted by atomic mass is 9.86. The lowest BCUT2D eigenvalue weighted by molar-refractivity contribution is 0.336. The molecule has 0 aliphatic heterocycles. The van der Waals surface area contributed by atoms with Crippen LogP contribution in [-0.4, -0.2) is 35.9 Å². The van der Waals surface area contributed by atoms with Crippen LogP contribution in [0.4, 0.5) is 5.82 Å². The van der Waals surface area contributed by atoms with Crippen molar-refractivity contribution in [2.75, 3.05) is 11.9 Å². The van der Waals surface area contributed by atoms with Crippen LogP contribution in [0.2, 0.25) is 5.15 Å². The van der Waals surface area contributed by atoms with E-state index in [1.54, 1.807) is 26.8 Å². The van der Waals surface area contributed by atoms with Crippen molar-refractivity contribution in [3.63, 3.8) is 0 Å². The highest BCUT2D eigenvalue weighted by atomic mass is 35.5. The van der Waals surface area contributed by atoms with Crippen molar-refractivity contribution in [1.82, 2.24) is 14.9 Å². The summed E-state index contributed by atoms with van der Waals surface area (Å²) in [6.45, 7) is 5.66. The Morgan fingerprint density at radius 1 is 1.17 bits per heavy atom. The summed E-state index contributed by atoms with van der Waals surface area (Å²) in [6, 6.07) is 3.88. The molecule has 1 aromatic heterocycles. The van der Waals surface area contributed by atoms with Crippen molar-refractivity contribution in [2.24, 2.45) is 5.92 Å². The summed E-state index contributed by atoms with van der Waals surface area (Å²) >= 11 is 5.72. The molecule has 0 bridgehead atoms. The van der Waals surface area contributed by atoms with Crippen LogP contribution in [0.5, 0.6) is 0 Å². The van der Waals surface area contributed by atoms with Crippen molar-refractivity contribution in [2.45, 2.75) is 57.2 Å². The number of hydrogen-bond donors (Lipinski definition) is 2. The van der Waals surface area contributed by atoms with Gasteiger partial charge in [0.2, 0.25) is 10.0 Å². The Morgan fingerprint density at radius 2 is 1.83 bits per heavy atom. The van der Waals surface area contributed by atoms with Gasteiger partial charge in [-0.05, 0) is 64.5 Å². The van der Waals surface area contributed by atoms with Gasteiger partial charge in [-0.25, -0.2) is 13.1 Å². The molecule has 0 atom stereocenters. The SMILES string of the molecule is CC(C)(C)S(=O)(=O)NCC1CCC(Nc2ccc(Cl)nn2)CC1. The van der Waals surface area contributed by atoms with Gasteiger partial charge >= 0.3 is 0 Å². The second-order valence-electron chi connectivity index (χ2n) is 7.07. The second kappa shape index (κ2) is 7.32. The lowest BCUT2D eigenvalue weighted by Gasteiger charge is -2.30. The first-order valence-corrected chi connectivity index (χ1v) is 9.78. The monoisotopic (exact) mass is 360 g/mol. The molecule has 1 fully saturated rings. The van der Waals surface area contributed by atoms with Gasteiger partial charge < -0.3 is 5.32 Å². The average molecular weight is 361 g/mol.